The zero-order valence-corrected chi connectivity index (χ0v) is 17.4. The lowest BCUT2D eigenvalue weighted by Gasteiger charge is -2.04. The van der Waals surface area contributed by atoms with Gasteiger partial charge in [0.05, 0.1) is 18.9 Å². The minimum Gasteiger partial charge on any atom is -0.494 e. The van der Waals surface area contributed by atoms with Crippen molar-refractivity contribution in [3.05, 3.63) is 65.6 Å². The number of ether oxygens (including phenoxy) is 2. The topological polar surface area (TPSA) is 60.5 Å². The number of nitrogens with zero attached hydrogens (tertiary/aromatic N) is 1. The molecule has 1 aromatic heterocycles. The van der Waals surface area contributed by atoms with E-state index in [0.29, 0.717) is 18.3 Å². The second kappa shape index (κ2) is 10.4. The first kappa shape index (κ1) is 20.6. The molecule has 0 saturated carbocycles. The molecule has 3 rings (SSSR count). The highest BCUT2D eigenvalue weighted by molar-refractivity contribution is 7.14. The van der Waals surface area contributed by atoms with E-state index < -0.39 is 0 Å². The Labute approximate surface area is 175 Å². The van der Waals surface area contributed by atoms with Gasteiger partial charge in [-0.15, -0.1) is 11.3 Å². The number of aromatic nitrogens is 1. The third-order valence-electron chi connectivity index (χ3n) is 3.98. The summed E-state index contributed by atoms with van der Waals surface area (Å²) in [5.74, 6) is 1.44. The van der Waals surface area contributed by atoms with E-state index >= 15 is 0 Å². The Hall–Kier alpha value is -3.12. The van der Waals surface area contributed by atoms with Crippen LogP contribution < -0.4 is 14.8 Å². The van der Waals surface area contributed by atoms with Gasteiger partial charge in [-0.2, -0.15) is 0 Å². The van der Waals surface area contributed by atoms with Crippen molar-refractivity contribution >= 4 is 28.5 Å². The third-order valence-corrected chi connectivity index (χ3v) is 4.73. The highest BCUT2D eigenvalue weighted by Gasteiger charge is 2.07. The molecule has 0 unspecified atom stereocenters. The average molecular weight is 409 g/mol. The molecule has 2 aromatic carbocycles. The van der Waals surface area contributed by atoms with Gasteiger partial charge in [0.15, 0.2) is 5.13 Å². The quantitative estimate of drug-likeness (QED) is 0.465. The lowest BCUT2D eigenvalue weighted by atomic mass is 10.2. The van der Waals surface area contributed by atoms with E-state index in [0.717, 1.165) is 34.7 Å². The normalized spacial score (nSPS) is 10.8. The molecule has 1 heterocycles. The number of carbonyl (C=O) groups excluding carboxylic acids is 1. The molecule has 1 N–H and O–H groups in total. The Balaban J connectivity index is 1.56. The van der Waals surface area contributed by atoms with Crippen LogP contribution in [0.2, 0.25) is 0 Å². The molecular formula is C23H24N2O3S. The molecule has 0 aliphatic heterocycles. The summed E-state index contributed by atoms with van der Waals surface area (Å²) in [6, 6.07) is 15.4. The molecule has 3 aromatic rings. The first-order chi connectivity index (χ1) is 14.2. The van der Waals surface area contributed by atoms with E-state index in [4.69, 9.17) is 9.47 Å². The summed E-state index contributed by atoms with van der Waals surface area (Å²) in [5.41, 5.74) is 2.73. The van der Waals surface area contributed by atoms with Crippen LogP contribution in [0.5, 0.6) is 11.5 Å². The molecule has 29 heavy (non-hydrogen) atoms. The lowest BCUT2D eigenvalue weighted by molar-refractivity contribution is -0.111. The summed E-state index contributed by atoms with van der Waals surface area (Å²) in [4.78, 5) is 16.7. The summed E-state index contributed by atoms with van der Waals surface area (Å²) < 4.78 is 11.0. The number of hydrogen-bond donors (Lipinski definition) is 1. The van der Waals surface area contributed by atoms with Gasteiger partial charge < -0.3 is 9.47 Å². The zero-order valence-electron chi connectivity index (χ0n) is 16.6. The molecular weight excluding hydrogens is 384 g/mol. The van der Waals surface area contributed by atoms with Gasteiger partial charge in [0.2, 0.25) is 5.91 Å². The average Bonchev–Trinajstić information content (AvgIpc) is 3.20. The van der Waals surface area contributed by atoms with Gasteiger partial charge >= 0.3 is 0 Å². The number of anilines is 1. The second-order valence-electron chi connectivity index (χ2n) is 6.24. The fourth-order valence-corrected chi connectivity index (χ4v) is 3.29. The maximum Gasteiger partial charge on any atom is 0.250 e. The Morgan fingerprint density at radius 2 is 1.72 bits per heavy atom. The first-order valence-corrected chi connectivity index (χ1v) is 10.5. The van der Waals surface area contributed by atoms with Crippen molar-refractivity contribution in [2.24, 2.45) is 0 Å². The molecule has 6 heteroatoms. The summed E-state index contributed by atoms with van der Waals surface area (Å²) in [5, 5.41) is 5.29. The lowest BCUT2D eigenvalue weighted by Crippen LogP contribution is -2.07. The van der Waals surface area contributed by atoms with E-state index in [1.807, 2.05) is 60.8 Å². The third kappa shape index (κ3) is 6.19. The number of nitrogens with one attached hydrogen (secondary N) is 1. The molecule has 0 saturated heterocycles. The number of hydrogen-bond acceptors (Lipinski definition) is 5. The summed E-state index contributed by atoms with van der Waals surface area (Å²) >= 11 is 1.39. The second-order valence-corrected chi connectivity index (χ2v) is 7.09. The van der Waals surface area contributed by atoms with E-state index in [-0.39, 0.29) is 5.91 Å². The fraction of sp³-hybridized carbons (Fsp3) is 0.217. The number of benzene rings is 2. The van der Waals surface area contributed by atoms with Crippen molar-refractivity contribution in [1.29, 1.82) is 0 Å². The van der Waals surface area contributed by atoms with Crippen molar-refractivity contribution in [2.75, 3.05) is 18.5 Å². The van der Waals surface area contributed by atoms with Gasteiger partial charge in [0, 0.05) is 17.0 Å². The highest BCUT2D eigenvalue weighted by atomic mass is 32.1. The van der Waals surface area contributed by atoms with E-state index in [2.05, 4.69) is 17.2 Å². The van der Waals surface area contributed by atoms with Crippen molar-refractivity contribution in [1.82, 2.24) is 4.98 Å². The molecule has 150 valence electrons. The van der Waals surface area contributed by atoms with Crippen molar-refractivity contribution in [3.8, 4) is 22.8 Å². The van der Waals surface area contributed by atoms with Crippen LogP contribution in [-0.4, -0.2) is 24.1 Å². The Kier molecular flexibility index (Phi) is 7.41. The molecule has 1 amide bonds. The van der Waals surface area contributed by atoms with Gasteiger partial charge in [-0.05, 0) is 61.4 Å². The van der Waals surface area contributed by atoms with Crippen LogP contribution in [0.1, 0.15) is 25.8 Å². The molecule has 0 spiro atoms. The van der Waals surface area contributed by atoms with Crippen LogP contribution in [0, 0.1) is 0 Å². The summed E-state index contributed by atoms with van der Waals surface area (Å²) in [6.07, 6.45) is 4.23. The molecule has 5 nitrogen and oxygen atoms in total. The van der Waals surface area contributed by atoms with Crippen LogP contribution in [0.4, 0.5) is 5.13 Å². The minimum atomic E-state index is -0.219. The monoisotopic (exact) mass is 408 g/mol. The van der Waals surface area contributed by atoms with Gasteiger partial charge in [0.1, 0.15) is 11.5 Å². The number of amides is 1. The van der Waals surface area contributed by atoms with E-state index in [9.17, 15) is 4.79 Å². The summed E-state index contributed by atoms with van der Waals surface area (Å²) in [6.45, 7) is 5.36. The predicted octanol–water partition coefficient (Wildman–Crippen LogP) is 5.65. The van der Waals surface area contributed by atoms with Crippen LogP contribution in [0.15, 0.2) is 60.0 Å². The van der Waals surface area contributed by atoms with Crippen LogP contribution >= 0.6 is 11.3 Å². The molecule has 0 aliphatic carbocycles. The van der Waals surface area contributed by atoms with Gasteiger partial charge in [-0.3, -0.25) is 10.1 Å². The SMILES string of the molecule is CCCOc1ccc(/C=C/C(=O)Nc2nc(-c3ccc(OCC)cc3)cs2)cc1. The molecule has 0 atom stereocenters. The predicted molar refractivity (Wildman–Crippen MR) is 119 cm³/mol. The highest BCUT2D eigenvalue weighted by Crippen LogP contribution is 2.26. The van der Waals surface area contributed by atoms with Gasteiger partial charge in [0.25, 0.3) is 0 Å². The van der Waals surface area contributed by atoms with Crippen LogP contribution in [-0.2, 0) is 4.79 Å². The number of thiazole rings is 1. The Morgan fingerprint density at radius 3 is 2.41 bits per heavy atom. The smallest absolute Gasteiger partial charge is 0.250 e. The standard InChI is InChI=1S/C23H24N2O3S/c1-3-15-28-20-10-5-17(6-11-20)7-14-22(26)25-23-24-21(16-29-23)18-8-12-19(13-9-18)27-4-2/h5-14,16H,3-4,15H2,1-2H3,(H,24,25,26)/b14-7+. The number of rotatable bonds is 9. The van der Waals surface area contributed by atoms with Crippen molar-refractivity contribution in [2.45, 2.75) is 20.3 Å². The minimum absolute atomic E-state index is 0.219. The Bertz CT molecular complexity index is 947. The first-order valence-electron chi connectivity index (χ1n) is 9.58. The molecule has 0 aliphatic rings. The van der Waals surface area contributed by atoms with E-state index in [1.54, 1.807) is 6.08 Å². The van der Waals surface area contributed by atoms with Gasteiger partial charge in [-0.25, -0.2) is 4.98 Å². The Morgan fingerprint density at radius 1 is 1.03 bits per heavy atom. The number of carbonyl (C=O) groups is 1. The van der Waals surface area contributed by atoms with Crippen LogP contribution in [0.25, 0.3) is 17.3 Å². The van der Waals surface area contributed by atoms with Crippen molar-refractivity contribution in [3.63, 3.8) is 0 Å². The zero-order chi connectivity index (χ0) is 20.5. The maximum atomic E-state index is 12.2. The molecule has 0 bridgehead atoms. The largest absolute Gasteiger partial charge is 0.494 e. The van der Waals surface area contributed by atoms with E-state index in [1.165, 1.54) is 17.4 Å². The maximum absolute atomic E-state index is 12.2. The van der Waals surface area contributed by atoms with Crippen molar-refractivity contribution < 1.29 is 14.3 Å². The molecule has 0 fully saturated rings. The van der Waals surface area contributed by atoms with Gasteiger partial charge in [-0.1, -0.05) is 19.1 Å². The molecule has 0 radical (unpaired) electrons. The summed E-state index contributed by atoms with van der Waals surface area (Å²) in [7, 11) is 0. The fourth-order valence-electron chi connectivity index (χ4n) is 2.57. The van der Waals surface area contributed by atoms with Crippen LogP contribution in [0.3, 0.4) is 0 Å².